The molecule has 0 saturated heterocycles. The number of para-hydroxylation sites is 1. The third-order valence-electron chi connectivity index (χ3n) is 7.82. The van der Waals surface area contributed by atoms with Crippen LogP contribution in [0.5, 0.6) is 11.5 Å². The molecule has 0 bridgehead atoms. The first kappa shape index (κ1) is 22.6. The van der Waals surface area contributed by atoms with E-state index < -0.39 is 0 Å². The van der Waals surface area contributed by atoms with E-state index in [9.17, 15) is 0 Å². The molecule has 7 aromatic carbocycles. The number of hydrogen-bond acceptors (Lipinski definition) is 2. The molecule has 0 spiro atoms. The summed E-state index contributed by atoms with van der Waals surface area (Å²) in [4.78, 5) is 2.35. The molecule has 40 heavy (non-hydrogen) atoms. The summed E-state index contributed by atoms with van der Waals surface area (Å²) in [5.41, 5.74) is 8.05. The SMILES string of the molecule is c1ccc(N(c2cccc(-c3ccc4c(c3)-c3cccc5cccc(c35)O4)c2)c2cccc3ccccc23)cc1. The average Bonchev–Trinajstić information content (AvgIpc) is 3.02. The van der Waals surface area contributed by atoms with Gasteiger partial charge in [-0.15, -0.1) is 0 Å². The Kier molecular flexibility index (Phi) is 5.17. The lowest BCUT2D eigenvalue weighted by Crippen LogP contribution is -2.10. The van der Waals surface area contributed by atoms with Crippen molar-refractivity contribution < 1.29 is 4.74 Å². The molecule has 1 aliphatic rings. The van der Waals surface area contributed by atoms with Crippen LogP contribution in [0.2, 0.25) is 0 Å². The van der Waals surface area contributed by atoms with E-state index in [1.807, 2.05) is 0 Å². The molecular formula is C38H25NO. The molecule has 0 unspecified atom stereocenters. The van der Waals surface area contributed by atoms with E-state index in [0.717, 1.165) is 45.3 Å². The minimum absolute atomic E-state index is 0.896. The van der Waals surface area contributed by atoms with E-state index in [0.29, 0.717) is 0 Å². The zero-order chi connectivity index (χ0) is 26.5. The number of anilines is 3. The van der Waals surface area contributed by atoms with E-state index >= 15 is 0 Å². The molecular weight excluding hydrogens is 486 g/mol. The quantitative estimate of drug-likeness (QED) is 0.233. The zero-order valence-corrected chi connectivity index (χ0v) is 21.8. The van der Waals surface area contributed by atoms with Gasteiger partial charge in [0.1, 0.15) is 11.5 Å². The maximum Gasteiger partial charge on any atom is 0.135 e. The van der Waals surface area contributed by atoms with Gasteiger partial charge in [0.15, 0.2) is 0 Å². The maximum atomic E-state index is 6.35. The highest BCUT2D eigenvalue weighted by Gasteiger charge is 2.21. The Morgan fingerprint density at radius 2 is 1.12 bits per heavy atom. The van der Waals surface area contributed by atoms with Crippen LogP contribution in [0.4, 0.5) is 17.1 Å². The van der Waals surface area contributed by atoms with Crippen molar-refractivity contribution in [2.24, 2.45) is 0 Å². The fourth-order valence-corrected chi connectivity index (χ4v) is 5.98. The van der Waals surface area contributed by atoms with Crippen LogP contribution >= 0.6 is 0 Å². The van der Waals surface area contributed by atoms with Crippen LogP contribution in [0.1, 0.15) is 0 Å². The molecule has 0 atom stereocenters. The van der Waals surface area contributed by atoms with E-state index in [4.69, 9.17) is 4.74 Å². The molecule has 0 fully saturated rings. The molecule has 8 rings (SSSR count). The van der Waals surface area contributed by atoms with Crippen molar-refractivity contribution in [3.05, 3.63) is 152 Å². The van der Waals surface area contributed by atoms with Crippen molar-refractivity contribution in [3.63, 3.8) is 0 Å². The molecule has 0 aliphatic carbocycles. The molecule has 0 saturated carbocycles. The number of benzene rings is 7. The lowest BCUT2D eigenvalue weighted by atomic mass is 9.92. The summed E-state index contributed by atoms with van der Waals surface area (Å²) in [6.45, 7) is 0. The van der Waals surface area contributed by atoms with Crippen LogP contribution in [0, 0.1) is 0 Å². The summed E-state index contributed by atoms with van der Waals surface area (Å²) < 4.78 is 6.35. The molecule has 2 nitrogen and oxygen atoms in total. The first-order valence-corrected chi connectivity index (χ1v) is 13.6. The van der Waals surface area contributed by atoms with Crippen molar-refractivity contribution in [1.82, 2.24) is 0 Å². The maximum absolute atomic E-state index is 6.35. The van der Waals surface area contributed by atoms with Crippen LogP contribution in [-0.2, 0) is 0 Å². The summed E-state index contributed by atoms with van der Waals surface area (Å²) in [7, 11) is 0. The molecule has 0 N–H and O–H groups in total. The predicted octanol–water partition coefficient (Wildman–Crippen LogP) is 10.9. The summed E-state index contributed by atoms with van der Waals surface area (Å²) in [6, 6.07) is 53.8. The number of hydrogen-bond donors (Lipinski definition) is 0. The number of rotatable bonds is 4. The van der Waals surface area contributed by atoms with Gasteiger partial charge in [-0.25, -0.2) is 0 Å². The van der Waals surface area contributed by atoms with Crippen molar-refractivity contribution in [3.8, 4) is 33.8 Å². The molecule has 7 aromatic rings. The zero-order valence-electron chi connectivity index (χ0n) is 21.8. The lowest BCUT2D eigenvalue weighted by Gasteiger charge is -2.27. The molecule has 0 aromatic heterocycles. The summed E-state index contributed by atoms with van der Waals surface area (Å²) in [5, 5.41) is 4.81. The Morgan fingerprint density at radius 3 is 2.05 bits per heavy atom. The Hall–Kier alpha value is -5.34. The molecule has 2 heteroatoms. The number of fused-ring (bicyclic) bond motifs is 3. The molecule has 0 amide bonds. The van der Waals surface area contributed by atoms with Gasteiger partial charge < -0.3 is 9.64 Å². The van der Waals surface area contributed by atoms with Crippen LogP contribution in [0.3, 0.4) is 0 Å². The summed E-state index contributed by atoms with van der Waals surface area (Å²) >= 11 is 0. The van der Waals surface area contributed by atoms with Crippen LogP contribution in [-0.4, -0.2) is 0 Å². The van der Waals surface area contributed by atoms with E-state index in [1.165, 1.54) is 27.1 Å². The van der Waals surface area contributed by atoms with Crippen LogP contribution in [0.15, 0.2) is 152 Å². The second kappa shape index (κ2) is 9.14. The predicted molar refractivity (Wildman–Crippen MR) is 167 cm³/mol. The molecule has 1 aliphatic heterocycles. The highest BCUT2D eigenvalue weighted by Crippen LogP contribution is 2.48. The summed E-state index contributed by atoms with van der Waals surface area (Å²) in [6.07, 6.45) is 0. The number of ether oxygens (including phenoxy) is 1. The smallest absolute Gasteiger partial charge is 0.135 e. The second-order valence-electron chi connectivity index (χ2n) is 10.2. The van der Waals surface area contributed by atoms with Gasteiger partial charge in [0.2, 0.25) is 0 Å². The Labute approximate surface area is 233 Å². The van der Waals surface area contributed by atoms with E-state index in [-0.39, 0.29) is 0 Å². The van der Waals surface area contributed by atoms with E-state index in [1.54, 1.807) is 0 Å². The van der Waals surface area contributed by atoms with Crippen LogP contribution in [0.25, 0.3) is 43.8 Å². The Morgan fingerprint density at radius 1 is 0.425 bits per heavy atom. The second-order valence-corrected chi connectivity index (χ2v) is 10.2. The van der Waals surface area contributed by atoms with Gasteiger partial charge in [0, 0.05) is 27.7 Å². The van der Waals surface area contributed by atoms with Gasteiger partial charge in [-0.05, 0) is 76.0 Å². The topological polar surface area (TPSA) is 12.5 Å². The lowest BCUT2D eigenvalue weighted by molar-refractivity contribution is 0.487. The largest absolute Gasteiger partial charge is 0.456 e. The van der Waals surface area contributed by atoms with Crippen molar-refractivity contribution in [2.75, 3.05) is 4.90 Å². The highest BCUT2D eigenvalue weighted by atomic mass is 16.5. The highest BCUT2D eigenvalue weighted by molar-refractivity contribution is 6.05. The Balaban J connectivity index is 1.28. The van der Waals surface area contributed by atoms with Crippen molar-refractivity contribution >= 4 is 38.6 Å². The Bertz CT molecular complexity index is 2030. The van der Waals surface area contributed by atoms with Gasteiger partial charge in [0.05, 0.1) is 5.69 Å². The molecule has 188 valence electrons. The monoisotopic (exact) mass is 511 g/mol. The van der Waals surface area contributed by atoms with Crippen molar-refractivity contribution in [2.45, 2.75) is 0 Å². The van der Waals surface area contributed by atoms with Gasteiger partial charge in [-0.2, -0.15) is 0 Å². The minimum Gasteiger partial charge on any atom is -0.456 e. The van der Waals surface area contributed by atoms with Gasteiger partial charge in [-0.1, -0.05) is 103 Å². The first-order valence-electron chi connectivity index (χ1n) is 13.6. The standard InChI is InChI=1S/C38H25NO/c1-2-15-30(16-3-1)39(35-20-8-11-26-10-4-5-18-32(26)35)31-17-6-14-28(24-31)29-22-23-36-34(25-29)33-19-7-12-27-13-9-21-37(40-36)38(27)33/h1-25H. The fourth-order valence-electron chi connectivity index (χ4n) is 5.98. The van der Waals surface area contributed by atoms with Gasteiger partial charge in [0.25, 0.3) is 0 Å². The molecule has 0 radical (unpaired) electrons. The normalized spacial score (nSPS) is 11.7. The van der Waals surface area contributed by atoms with Crippen LogP contribution < -0.4 is 9.64 Å². The average molecular weight is 512 g/mol. The van der Waals surface area contributed by atoms with E-state index in [2.05, 4.69) is 157 Å². The molecule has 1 heterocycles. The summed E-state index contributed by atoms with van der Waals surface area (Å²) in [5.74, 6) is 1.82. The first-order chi connectivity index (χ1) is 19.8. The van der Waals surface area contributed by atoms with Gasteiger partial charge in [-0.3, -0.25) is 0 Å². The fraction of sp³-hybridized carbons (Fsp3) is 0. The van der Waals surface area contributed by atoms with Gasteiger partial charge >= 0.3 is 0 Å². The third-order valence-corrected chi connectivity index (χ3v) is 7.82. The third kappa shape index (κ3) is 3.65. The number of nitrogens with zero attached hydrogens (tertiary/aromatic N) is 1. The minimum atomic E-state index is 0.896. The van der Waals surface area contributed by atoms with Crippen molar-refractivity contribution in [1.29, 1.82) is 0 Å².